The number of carbonyl (C=O) groups is 3. The maximum absolute atomic E-state index is 13.6. The van der Waals surface area contributed by atoms with E-state index in [1.807, 2.05) is 19.1 Å². The smallest absolute Gasteiger partial charge is 0.269 e. The molecule has 0 aromatic heterocycles. The summed E-state index contributed by atoms with van der Waals surface area (Å²) >= 11 is 0. The molecule has 2 aromatic rings. The first kappa shape index (κ1) is 27.6. The number of nitrogens with zero attached hydrogens (tertiary/aromatic N) is 2. The van der Waals surface area contributed by atoms with Crippen LogP contribution < -0.4 is 10.1 Å². The van der Waals surface area contributed by atoms with Crippen LogP contribution in [0.25, 0.3) is 0 Å². The van der Waals surface area contributed by atoms with Crippen LogP contribution in [0.2, 0.25) is 0 Å². The Morgan fingerprint density at radius 1 is 1.11 bits per heavy atom. The van der Waals surface area contributed by atoms with E-state index < -0.39 is 27.9 Å². The van der Waals surface area contributed by atoms with E-state index in [2.05, 4.69) is 5.32 Å². The van der Waals surface area contributed by atoms with Crippen molar-refractivity contribution in [1.29, 1.82) is 0 Å². The van der Waals surface area contributed by atoms with Crippen molar-refractivity contribution in [2.75, 3.05) is 13.7 Å². The molecular weight excluding hydrogens is 506 g/mol. The van der Waals surface area contributed by atoms with E-state index >= 15 is 0 Å². The zero-order chi connectivity index (χ0) is 27.3. The SMILES string of the molecule is CCC(C(=O)NC1CCCCC1)N(Cc1cccc(OC)c1)C(=O)CCN1C(=O)c2ccccc2S1(=O)=O. The Morgan fingerprint density at radius 3 is 2.53 bits per heavy atom. The topological polar surface area (TPSA) is 113 Å². The molecule has 0 saturated heterocycles. The van der Waals surface area contributed by atoms with E-state index in [1.54, 1.807) is 31.4 Å². The van der Waals surface area contributed by atoms with Gasteiger partial charge in [0.1, 0.15) is 16.7 Å². The van der Waals surface area contributed by atoms with Crippen molar-refractivity contribution in [3.05, 3.63) is 59.7 Å². The first-order chi connectivity index (χ1) is 18.3. The summed E-state index contributed by atoms with van der Waals surface area (Å²) in [6.45, 7) is 1.69. The van der Waals surface area contributed by atoms with E-state index in [4.69, 9.17) is 4.74 Å². The Morgan fingerprint density at radius 2 is 1.84 bits per heavy atom. The fourth-order valence-electron chi connectivity index (χ4n) is 5.22. The van der Waals surface area contributed by atoms with Gasteiger partial charge in [-0.3, -0.25) is 14.4 Å². The van der Waals surface area contributed by atoms with Crippen molar-refractivity contribution in [3.63, 3.8) is 0 Å². The molecule has 0 spiro atoms. The third kappa shape index (κ3) is 5.85. The van der Waals surface area contributed by atoms with Crippen LogP contribution in [0.1, 0.15) is 67.8 Å². The number of ether oxygens (including phenoxy) is 1. The second-order valence-electron chi connectivity index (χ2n) is 9.77. The maximum atomic E-state index is 13.6. The summed E-state index contributed by atoms with van der Waals surface area (Å²) in [5.41, 5.74) is 0.880. The quantitative estimate of drug-likeness (QED) is 0.493. The Bertz CT molecular complexity index is 1290. The monoisotopic (exact) mass is 541 g/mol. The molecule has 1 N–H and O–H groups in total. The van der Waals surface area contributed by atoms with Crippen LogP contribution in [-0.2, 0) is 26.2 Å². The van der Waals surface area contributed by atoms with Crippen molar-refractivity contribution in [2.24, 2.45) is 0 Å². The van der Waals surface area contributed by atoms with Gasteiger partial charge in [0.2, 0.25) is 11.8 Å². The van der Waals surface area contributed by atoms with Crippen LogP contribution in [0, 0.1) is 0 Å². The summed E-state index contributed by atoms with van der Waals surface area (Å²) in [5, 5.41) is 3.12. The molecule has 10 heteroatoms. The summed E-state index contributed by atoms with van der Waals surface area (Å²) < 4.78 is 32.0. The standard InChI is InChI=1S/C28H35N3O6S/c1-3-24(27(33)29-21-11-5-4-6-12-21)30(19-20-10-9-13-22(18-20)37-2)26(32)16-17-31-28(34)23-14-7-8-15-25(23)38(31,35)36/h7-10,13-15,18,21,24H,3-6,11-12,16-17,19H2,1-2H3,(H,29,33). The second kappa shape index (κ2) is 12.0. The van der Waals surface area contributed by atoms with Gasteiger partial charge >= 0.3 is 0 Å². The summed E-state index contributed by atoms with van der Waals surface area (Å²) in [6, 6.07) is 12.6. The number of fused-ring (bicyclic) bond motifs is 1. The number of carbonyl (C=O) groups excluding carboxylic acids is 3. The molecule has 1 aliphatic carbocycles. The Labute approximate surface area is 224 Å². The molecule has 1 fully saturated rings. The molecule has 1 aliphatic heterocycles. The number of amides is 3. The molecule has 9 nitrogen and oxygen atoms in total. The van der Waals surface area contributed by atoms with Gasteiger partial charge in [-0.1, -0.05) is 50.5 Å². The molecule has 1 atom stereocenters. The molecule has 0 radical (unpaired) electrons. The van der Waals surface area contributed by atoms with Gasteiger partial charge in [0.05, 0.1) is 12.7 Å². The van der Waals surface area contributed by atoms with Crippen molar-refractivity contribution < 1.29 is 27.5 Å². The van der Waals surface area contributed by atoms with Gasteiger partial charge in [-0.05, 0) is 49.1 Å². The summed E-state index contributed by atoms with van der Waals surface area (Å²) in [4.78, 5) is 41.3. The average molecular weight is 542 g/mol. The van der Waals surface area contributed by atoms with Crippen molar-refractivity contribution in [2.45, 2.75) is 75.4 Å². The van der Waals surface area contributed by atoms with Gasteiger partial charge < -0.3 is 15.0 Å². The number of hydrogen-bond donors (Lipinski definition) is 1. The Balaban J connectivity index is 1.54. The molecule has 2 aromatic carbocycles. The van der Waals surface area contributed by atoms with Gasteiger partial charge in [-0.25, -0.2) is 12.7 Å². The molecule has 38 heavy (non-hydrogen) atoms. The lowest BCUT2D eigenvalue weighted by molar-refractivity contribution is -0.141. The normalized spacial score (nSPS) is 17.5. The van der Waals surface area contributed by atoms with Crippen LogP contribution in [0.3, 0.4) is 0 Å². The van der Waals surface area contributed by atoms with E-state index in [9.17, 15) is 22.8 Å². The maximum Gasteiger partial charge on any atom is 0.269 e. The van der Waals surface area contributed by atoms with Crippen LogP contribution in [0.4, 0.5) is 0 Å². The van der Waals surface area contributed by atoms with Gasteiger partial charge in [0, 0.05) is 25.6 Å². The molecular formula is C28H35N3O6S. The van der Waals surface area contributed by atoms with E-state index in [0.29, 0.717) is 12.2 Å². The minimum atomic E-state index is -4.03. The number of methoxy groups -OCH3 is 1. The Kier molecular flexibility index (Phi) is 8.71. The van der Waals surface area contributed by atoms with Gasteiger partial charge in [-0.15, -0.1) is 0 Å². The lowest BCUT2D eigenvalue weighted by Crippen LogP contribution is -2.52. The van der Waals surface area contributed by atoms with Crippen LogP contribution in [0.15, 0.2) is 53.4 Å². The molecule has 4 rings (SSSR count). The minimum absolute atomic E-state index is 0.0519. The first-order valence-corrected chi connectivity index (χ1v) is 14.6. The van der Waals surface area contributed by atoms with E-state index in [1.165, 1.54) is 17.0 Å². The summed E-state index contributed by atoms with van der Waals surface area (Å²) in [5.74, 6) is -0.638. The molecule has 204 valence electrons. The van der Waals surface area contributed by atoms with Crippen molar-refractivity contribution in [3.8, 4) is 5.75 Å². The largest absolute Gasteiger partial charge is 0.497 e. The van der Waals surface area contributed by atoms with Gasteiger partial charge in [0.25, 0.3) is 15.9 Å². The highest BCUT2D eigenvalue weighted by Gasteiger charge is 2.41. The highest BCUT2D eigenvalue weighted by Crippen LogP contribution is 2.30. The predicted molar refractivity (Wildman–Crippen MR) is 142 cm³/mol. The number of sulfonamides is 1. The first-order valence-electron chi connectivity index (χ1n) is 13.1. The lowest BCUT2D eigenvalue weighted by Gasteiger charge is -2.33. The molecule has 1 saturated carbocycles. The van der Waals surface area contributed by atoms with E-state index in [-0.39, 0.29) is 41.9 Å². The molecule has 3 amide bonds. The number of benzene rings is 2. The Hall–Kier alpha value is -3.40. The van der Waals surface area contributed by atoms with Gasteiger partial charge in [-0.2, -0.15) is 0 Å². The van der Waals surface area contributed by atoms with Crippen LogP contribution in [-0.4, -0.2) is 61.1 Å². The average Bonchev–Trinajstić information content (AvgIpc) is 3.12. The highest BCUT2D eigenvalue weighted by molar-refractivity contribution is 7.90. The third-order valence-electron chi connectivity index (χ3n) is 7.27. The molecule has 2 aliphatic rings. The summed E-state index contributed by atoms with van der Waals surface area (Å²) in [6.07, 6.45) is 5.27. The molecule has 1 heterocycles. The predicted octanol–water partition coefficient (Wildman–Crippen LogP) is 3.49. The fraction of sp³-hybridized carbons (Fsp3) is 0.464. The second-order valence-corrected chi connectivity index (χ2v) is 11.6. The lowest BCUT2D eigenvalue weighted by atomic mass is 9.95. The van der Waals surface area contributed by atoms with Crippen molar-refractivity contribution >= 4 is 27.7 Å². The van der Waals surface area contributed by atoms with Crippen molar-refractivity contribution in [1.82, 2.24) is 14.5 Å². The summed E-state index contributed by atoms with van der Waals surface area (Å²) in [7, 11) is -2.47. The number of hydrogen-bond acceptors (Lipinski definition) is 6. The highest BCUT2D eigenvalue weighted by atomic mass is 32.2. The fourth-order valence-corrected chi connectivity index (χ4v) is 6.79. The van der Waals surface area contributed by atoms with Crippen LogP contribution in [0.5, 0.6) is 5.75 Å². The molecule has 0 bridgehead atoms. The van der Waals surface area contributed by atoms with Gasteiger partial charge in [0.15, 0.2) is 0 Å². The third-order valence-corrected chi connectivity index (χ3v) is 9.11. The minimum Gasteiger partial charge on any atom is -0.497 e. The van der Waals surface area contributed by atoms with E-state index in [0.717, 1.165) is 42.0 Å². The molecule has 1 unspecified atom stereocenters. The van der Waals surface area contributed by atoms with Crippen LogP contribution >= 0.6 is 0 Å². The zero-order valence-corrected chi connectivity index (χ0v) is 22.7. The zero-order valence-electron chi connectivity index (χ0n) is 21.9. The number of nitrogens with one attached hydrogen (secondary N) is 1. The number of rotatable bonds is 10.